The molecule has 0 heterocycles. The number of carbonyl (C=O) groups excluding carboxylic acids is 1. The Bertz CT molecular complexity index is 530. The average Bonchev–Trinajstić information content (AvgIpc) is 2.48. The molecule has 1 aromatic carbocycles. The predicted molar refractivity (Wildman–Crippen MR) is 81.7 cm³/mol. The number of phenols is 1. The minimum Gasteiger partial charge on any atom is -0.508 e. The van der Waals surface area contributed by atoms with Gasteiger partial charge in [-0.1, -0.05) is 12.1 Å². The van der Waals surface area contributed by atoms with Gasteiger partial charge in [-0.3, -0.25) is 9.59 Å². The molecule has 23 heavy (non-hydrogen) atoms. The Morgan fingerprint density at radius 2 is 1.61 bits per heavy atom. The zero-order valence-corrected chi connectivity index (χ0v) is 12.6. The number of hydrogen-bond donors (Lipinski definition) is 6. The number of carboxylic acid groups (broad SMARTS) is 2. The van der Waals surface area contributed by atoms with Crippen molar-refractivity contribution in [3.8, 4) is 5.75 Å². The molecular weight excluding hydrogens is 306 g/mol. The molecule has 0 saturated heterocycles. The van der Waals surface area contributed by atoms with Gasteiger partial charge in [0, 0.05) is 6.42 Å². The van der Waals surface area contributed by atoms with Crippen LogP contribution in [0.3, 0.4) is 0 Å². The van der Waals surface area contributed by atoms with Gasteiger partial charge in [0.1, 0.15) is 17.8 Å². The molecule has 0 aliphatic rings. The molecule has 0 fully saturated rings. The van der Waals surface area contributed by atoms with Crippen LogP contribution in [0.15, 0.2) is 24.3 Å². The standard InChI is InChI=1S/C11H14N2O4.C3H7NO2/c12-6-10(15)13-9(11(16)17)5-7-1-3-8(14)4-2-7;1-2(4)3(5)6/h1-4,9,14H,5-6,12H2,(H,13,15)(H,16,17);2H,4H2,1H3,(H,5,6). The van der Waals surface area contributed by atoms with E-state index >= 15 is 0 Å². The molecule has 0 spiro atoms. The summed E-state index contributed by atoms with van der Waals surface area (Å²) >= 11 is 0. The molecule has 0 aliphatic carbocycles. The second kappa shape index (κ2) is 10.1. The summed E-state index contributed by atoms with van der Waals surface area (Å²) in [5.74, 6) is -2.50. The van der Waals surface area contributed by atoms with E-state index < -0.39 is 29.9 Å². The third kappa shape index (κ3) is 9.06. The number of nitrogens with one attached hydrogen (secondary N) is 1. The predicted octanol–water partition coefficient (Wildman–Crippen LogP) is -1.12. The van der Waals surface area contributed by atoms with Crippen LogP contribution in [0.5, 0.6) is 5.75 Å². The summed E-state index contributed by atoms with van der Waals surface area (Å²) in [4.78, 5) is 31.5. The first kappa shape index (κ1) is 20.3. The Morgan fingerprint density at radius 3 is 1.96 bits per heavy atom. The highest BCUT2D eigenvalue weighted by atomic mass is 16.4. The largest absolute Gasteiger partial charge is 0.508 e. The maximum absolute atomic E-state index is 11.0. The van der Waals surface area contributed by atoms with Crippen LogP contribution in [0.2, 0.25) is 0 Å². The van der Waals surface area contributed by atoms with Crippen LogP contribution < -0.4 is 16.8 Å². The number of aliphatic carboxylic acids is 2. The molecule has 9 heteroatoms. The molecule has 1 rings (SSSR count). The Kier molecular flexibility index (Phi) is 8.97. The van der Waals surface area contributed by atoms with Crippen molar-refractivity contribution in [2.24, 2.45) is 11.5 Å². The van der Waals surface area contributed by atoms with Crippen LogP contribution in [-0.4, -0.2) is 51.8 Å². The van der Waals surface area contributed by atoms with E-state index in [9.17, 15) is 14.4 Å². The third-order valence-electron chi connectivity index (χ3n) is 2.58. The van der Waals surface area contributed by atoms with Crippen molar-refractivity contribution >= 4 is 17.8 Å². The number of nitrogens with two attached hydrogens (primary N) is 2. The molecule has 1 amide bonds. The van der Waals surface area contributed by atoms with Crippen LogP contribution in [-0.2, 0) is 20.8 Å². The Balaban J connectivity index is 0.000000688. The highest BCUT2D eigenvalue weighted by molar-refractivity contribution is 5.84. The van der Waals surface area contributed by atoms with Crippen LogP contribution in [0, 0.1) is 0 Å². The van der Waals surface area contributed by atoms with E-state index in [0.29, 0.717) is 5.56 Å². The topological polar surface area (TPSA) is 176 Å². The van der Waals surface area contributed by atoms with E-state index in [-0.39, 0.29) is 18.7 Å². The molecule has 0 bridgehead atoms. The van der Waals surface area contributed by atoms with Gasteiger partial charge in [0.2, 0.25) is 5.91 Å². The third-order valence-corrected chi connectivity index (χ3v) is 2.58. The average molecular weight is 327 g/mol. The van der Waals surface area contributed by atoms with Crippen LogP contribution in [0.1, 0.15) is 12.5 Å². The van der Waals surface area contributed by atoms with Gasteiger partial charge in [0.25, 0.3) is 0 Å². The molecule has 128 valence electrons. The second-order valence-electron chi connectivity index (χ2n) is 4.66. The zero-order valence-electron chi connectivity index (χ0n) is 12.6. The SMILES string of the molecule is CC(N)C(=O)O.NCC(=O)NC(Cc1ccc(O)cc1)C(=O)O. The minimum atomic E-state index is -1.13. The number of carboxylic acids is 2. The monoisotopic (exact) mass is 327 g/mol. The lowest BCUT2D eigenvalue weighted by molar-refractivity contribution is -0.141. The van der Waals surface area contributed by atoms with Gasteiger partial charge in [0.15, 0.2) is 0 Å². The maximum Gasteiger partial charge on any atom is 0.326 e. The first-order chi connectivity index (χ1) is 10.7. The lowest BCUT2D eigenvalue weighted by atomic mass is 10.1. The smallest absolute Gasteiger partial charge is 0.326 e. The van der Waals surface area contributed by atoms with Gasteiger partial charge in [-0.25, -0.2) is 4.79 Å². The molecule has 0 radical (unpaired) electrons. The fourth-order valence-corrected chi connectivity index (χ4v) is 1.32. The molecule has 0 aromatic heterocycles. The van der Waals surface area contributed by atoms with Crippen molar-refractivity contribution < 1.29 is 29.7 Å². The summed E-state index contributed by atoms with van der Waals surface area (Å²) in [6.45, 7) is 1.17. The Labute approximate surface area is 132 Å². The van der Waals surface area contributed by atoms with Crippen molar-refractivity contribution in [2.45, 2.75) is 25.4 Å². The number of amides is 1. The number of phenolic OH excluding ortho intramolecular Hbond substituents is 1. The van der Waals surface area contributed by atoms with Crippen molar-refractivity contribution in [3.05, 3.63) is 29.8 Å². The highest BCUT2D eigenvalue weighted by Crippen LogP contribution is 2.11. The first-order valence-electron chi connectivity index (χ1n) is 6.65. The molecule has 1 aromatic rings. The van der Waals surface area contributed by atoms with Gasteiger partial charge in [-0.15, -0.1) is 0 Å². The maximum atomic E-state index is 11.0. The van der Waals surface area contributed by atoms with Crippen molar-refractivity contribution in [2.75, 3.05) is 6.54 Å². The normalized spacial score (nSPS) is 12.3. The summed E-state index contributed by atoms with van der Waals surface area (Å²) < 4.78 is 0. The fraction of sp³-hybridized carbons (Fsp3) is 0.357. The van der Waals surface area contributed by atoms with E-state index in [1.807, 2.05) is 0 Å². The second-order valence-corrected chi connectivity index (χ2v) is 4.66. The van der Waals surface area contributed by atoms with Crippen LogP contribution >= 0.6 is 0 Å². The van der Waals surface area contributed by atoms with E-state index in [4.69, 9.17) is 26.8 Å². The molecule has 0 saturated carbocycles. The Morgan fingerprint density at radius 1 is 1.13 bits per heavy atom. The van der Waals surface area contributed by atoms with E-state index in [2.05, 4.69) is 5.32 Å². The lowest BCUT2D eigenvalue weighted by Crippen LogP contribution is -2.44. The highest BCUT2D eigenvalue weighted by Gasteiger charge is 2.19. The first-order valence-corrected chi connectivity index (χ1v) is 6.65. The number of hydrogen-bond acceptors (Lipinski definition) is 6. The zero-order chi connectivity index (χ0) is 18.0. The van der Waals surface area contributed by atoms with Crippen molar-refractivity contribution in [1.29, 1.82) is 0 Å². The molecule has 0 aliphatic heterocycles. The summed E-state index contributed by atoms with van der Waals surface area (Å²) in [5, 5.41) is 28.2. The number of benzene rings is 1. The molecule has 8 N–H and O–H groups in total. The fourth-order valence-electron chi connectivity index (χ4n) is 1.32. The number of aromatic hydroxyl groups is 1. The van der Waals surface area contributed by atoms with Crippen LogP contribution in [0.25, 0.3) is 0 Å². The minimum absolute atomic E-state index is 0.103. The van der Waals surface area contributed by atoms with Gasteiger partial charge in [-0.05, 0) is 24.6 Å². The van der Waals surface area contributed by atoms with Crippen molar-refractivity contribution in [3.63, 3.8) is 0 Å². The van der Waals surface area contributed by atoms with Gasteiger partial charge >= 0.3 is 11.9 Å². The Hall–Kier alpha value is -2.65. The van der Waals surface area contributed by atoms with E-state index in [1.54, 1.807) is 12.1 Å². The van der Waals surface area contributed by atoms with Gasteiger partial charge in [0.05, 0.1) is 6.54 Å². The number of carbonyl (C=O) groups is 3. The van der Waals surface area contributed by atoms with E-state index in [1.165, 1.54) is 19.1 Å². The summed E-state index contributed by atoms with van der Waals surface area (Å²) in [5.41, 5.74) is 10.6. The summed E-state index contributed by atoms with van der Waals surface area (Å²) in [7, 11) is 0. The molecule has 2 atom stereocenters. The van der Waals surface area contributed by atoms with Gasteiger partial charge < -0.3 is 32.1 Å². The molecule has 2 unspecified atom stereocenters. The van der Waals surface area contributed by atoms with E-state index in [0.717, 1.165) is 0 Å². The van der Waals surface area contributed by atoms with Gasteiger partial charge in [-0.2, -0.15) is 0 Å². The van der Waals surface area contributed by atoms with Crippen LogP contribution in [0.4, 0.5) is 0 Å². The summed E-state index contributed by atoms with van der Waals surface area (Å²) in [6.07, 6.45) is 0.140. The quantitative estimate of drug-likeness (QED) is 0.380. The molecular formula is C14H21N3O6. The van der Waals surface area contributed by atoms with Crippen molar-refractivity contribution in [1.82, 2.24) is 5.32 Å². The summed E-state index contributed by atoms with van der Waals surface area (Å²) in [6, 6.07) is 4.36. The number of rotatable bonds is 6. The lowest BCUT2D eigenvalue weighted by Gasteiger charge is -2.13. The molecule has 9 nitrogen and oxygen atoms in total.